The van der Waals surface area contributed by atoms with Crippen LogP contribution in [0.1, 0.15) is 88.5 Å². The third-order valence-corrected chi connectivity index (χ3v) is 5.62. The minimum atomic E-state index is -0.216. The quantitative estimate of drug-likeness (QED) is 0.392. The van der Waals surface area contributed by atoms with Crippen molar-refractivity contribution in [2.24, 2.45) is 11.3 Å². The average Bonchev–Trinajstić information content (AvgIpc) is 2.43. The molecule has 146 valence electrons. The molecule has 0 radical (unpaired) electrons. The fourth-order valence-corrected chi connectivity index (χ4v) is 2.44. The van der Waals surface area contributed by atoms with Crippen LogP contribution in [0.2, 0.25) is 0 Å². The van der Waals surface area contributed by atoms with E-state index in [2.05, 4.69) is 69.2 Å². The van der Waals surface area contributed by atoms with Crippen molar-refractivity contribution in [3.8, 4) is 0 Å². The molecule has 0 aromatic carbocycles. The monoisotopic (exact) mass is 344 g/mol. The Balaban J connectivity index is 4.49. The van der Waals surface area contributed by atoms with Gasteiger partial charge >= 0.3 is 0 Å². The Morgan fingerprint density at radius 2 is 1.42 bits per heavy atom. The highest BCUT2D eigenvalue weighted by Gasteiger charge is 2.42. The standard InChI is InChI=1S/C21H44O3/c1-11-12-14-23-19(5,6)13-15-24-21(9,10)20(7,8)18(4)16-22-17(2)3/h17-18H,11-16H2,1-10H3. The summed E-state index contributed by atoms with van der Waals surface area (Å²) in [4.78, 5) is 0. The van der Waals surface area contributed by atoms with Crippen LogP contribution in [0.5, 0.6) is 0 Å². The second-order valence-corrected chi connectivity index (χ2v) is 9.08. The molecule has 3 heteroatoms. The van der Waals surface area contributed by atoms with Crippen molar-refractivity contribution in [2.45, 2.75) is 106 Å². The van der Waals surface area contributed by atoms with Crippen molar-refractivity contribution in [1.82, 2.24) is 0 Å². The summed E-state index contributed by atoms with van der Waals surface area (Å²) in [7, 11) is 0. The first-order chi connectivity index (χ1) is 10.9. The molecule has 0 aliphatic carbocycles. The highest BCUT2D eigenvalue weighted by atomic mass is 16.5. The summed E-state index contributed by atoms with van der Waals surface area (Å²) in [6, 6.07) is 0. The molecule has 0 rings (SSSR count). The van der Waals surface area contributed by atoms with Crippen molar-refractivity contribution < 1.29 is 14.2 Å². The number of unbranched alkanes of at least 4 members (excludes halogenated alkanes) is 1. The van der Waals surface area contributed by atoms with E-state index in [1.807, 2.05) is 0 Å². The van der Waals surface area contributed by atoms with Gasteiger partial charge in [-0.2, -0.15) is 0 Å². The van der Waals surface area contributed by atoms with Gasteiger partial charge in [0.05, 0.1) is 30.5 Å². The van der Waals surface area contributed by atoms with E-state index in [0.29, 0.717) is 12.5 Å². The summed E-state index contributed by atoms with van der Waals surface area (Å²) >= 11 is 0. The molecule has 0 heterocycles. The van der Waals surface area contributed by atoms with Gasteiger partial charge in [0.25, 0.3) is 0 Å². The lowest BCUT2D eigenvalue weighted by Gasteiger charge is -2.46. The molecule has 0 aliphatic heterocycles. The molecule has 0 saturated carbocycles. The van der Waals surface area contributed by atoms with Gasteiger partial charge in [-0.05, 0) is 65.7 Å². The van der Waals surface area contributed by atoms with Crippen LogP contribution >= 0.6 is 0 Å². The van der Waals surface area contributed by atoms with Gasteiger partial charge in [-0.1, -0.05) is 34.1 Å². The lowest BCUT2D eigenvalue weighted by atomic mass is 9.68. The SMILES string of the molecule is CCCCOC(C)(C)CCOC(C)(C)C(C)(C)C(C)COC(C)C. The molecule has 0 aromatic rings. The smallest absolute Gasteiger partial charge is 0.0680 e. The Morgan fingerprint density at radius 3 is 1.92 bits per heavy atom. The molecule has 0 N–H and O–H groups in total. The van der Waals surface area contributed by atoms with Crippen LogP contribution in [0.15, 0.2) is 0 Å². The Morgan fingerprint density at radius 1 is 0.833 bits per heavy atom. The molecule has 0 fully saturated rings. The van der Waals surface area contributed by atoms with Crippen LogP contribution in [0.3, 0.4) is 0 Å². The molecule has 3 nitrogen and oxygen atoms in total. The number of rotatable bonds is 13. The van der Waals surface area contributed by atoms with Gasteiger partial charge in [-0.3, -0.25) is 0 Å². The van der Waals surface area contributed by atoms with E-state index >= 15 is 0 Å². The summed E-state index contributed by atoms with van der Waals surface area (Å²) in [6.45, 7) is 24.2. The molecule has 0 aromatic heterocycles. The van der Waals surface area contributed by atoms with Gasteiger partial charge in [0.2, 0.25) is 0 Å². The Hall–Kier alpha value is -0.120. The molecule has 0 amide bonds. The Kier molecular flexibility index (Phi) is 10.1. The molecule has 0 saturated heterocycles. The van der Waals surface area contributed by atoms with Crippen LogP contribution in [0, 0.1) is 11.3 Å². The van der Waals surface area contributed by atoms with Gasteiger partial charge in [-0.25, -0.2) is 0 Å². The van der Waals surface area contributed by atoms with Gasteiger partial charge in [0, 0.05) is 6.61 Å². The fourth-order valence-electron chi connectivity index (χ4n) is 2.44. The maximum atomic E-state index is 6.33. The molecule has 0 bridgehead atoms. The van der Waals surface area contributed by atoms with Crippen molar-refractivity contribution in [3.05, 3.63) is 0 Å². The number of ether oxygens (including phenoxy) is 3. The average molecular weight is 345 g/mol. The van der Waals surface area contributed by atoms with Gasteiger partial charge in [-0.15, -0.1) is 0 Å². The van der Waals surface area contributed by atoms with E-state index in [0.717, 1.165) is 26.1 Å². The zero-order valence-corrected chi connectivity index (χ0v) is 18.1. The maximum Gasteiger partial charge on any atom is 0.0680 e. The maximum absolute atomic E-state index is 6.33. The second kappa shape index (κ2) is 10.1. The fraction of sp³-hybridized carbons (Fsp3) is 1.00. The zero-order chi connectivity index (χ0) is 19.0. The van der Waals surface area contributed by atoms with Crippen molar-refractivity contribution >= 4 is 0 Å². The summed E-state index contributed by atoms with van der Waals surface area (Å²) in [5, 5.41) is 0. The first-order valence-electron chi connectivity index (χ1n) is 9.75. The molecular formula is C21H44O3. The van der Waals surface area contributed by atoms with E-state index in [1.54, 1.807) is 0 Å². The van der Waals surface area contributed by atoms with Gasteiger partial charge in [0.15, 0.2) is 0 Å². The number of hydrogen-bond donors (Lipinski definition) is 0. The summed E-state index contributed by atoms with van der Waals surface area (Å²) in [5.74, 6) is 0.420. The highest BCUT2D eigenvalue weighted by molar-refractivity contribution is 4.91. The predicted octanol–water partition coefficient (Wildman–Crippen LogP) is 5.85. The van der Waals surface area contributed by atoms with E-state index in [-0.39, 0.29) is 22.7 Å². The zero-order valence-electron chi connectivity index (χ0n) is 18.1. The predicted molar refractivity (Wildman–Crippen MR) is 104 cm³/mol. The van der Waals surface area contributed by atoms with E-state index in [9.17, 15) is 0 Å². The van der Waals surface area contributed by atoms with Crippen molar-refractivity contribution in [1.29, 1.82) is 0 Å². The largest absolute Gasteiger partial charge is 0.378 e. The van der Waals surface area contributed by atoms with Gasteiger partial charge < -0.3 is 14.2 Å². The van der Waals surface area contributed by atoms with Crippen LogP contribution in [-0.2, 0) is 14.2 Å². The van der Waals surface area contributed by atoms with Crippen LogP contribution in [0.4, 0.5) is 0 Å². The van der Waals surface area contributed by atoms with E-state index < -0.39 is 0 Å². The second-order valence-electron chi connectivity index (χ2n) is 9.08. The van der Waals surface area contributed by atoms with Crippen LogP contribution in [0.25, 0.3) is 0 Å². The summed E-state index contributed by atoms with van der Waals surface area (Å²) in [6.07, 6.45) is 3.47. The molecule has 0 spiro atoms. The first-order valence-corrected chi connectivity index (χ1v) is 9.75. The molecule has 24 heavy (non-hydrogen) atoms. The Labute approximate surface area is 151 Å². The molecule has 0 aliphatic rings. The first kappa shape index (κ1) is 23.9. The third-order valence-electron chi connectivity index (χ3n) is 5.62. The topological polar surface area (TPSA) is 27.7 Å². The van der Waals surface area contributed by atoms with E-state index in [4.69, 9.17) is 14.2 Å². The molecule has 1 atom stereocenters. The van der Waals surface area contributed by atoms with Crippen LogP contribution < -0.4 is 0 Å². The van der Waals surface area contributed by atoms with Crippen LogP contribution in [-0.4, -0.2) is 37.1 Å². The summed E-state index contributed by atoms with van der Waals surface area (Å²) in [5.41, 5.74) is -0.316. The van der Waals surface area contributed by atoms with Gasteiger partial charge in [0.1, 0.15) is 0 Å². The molecule has 1 unspecified atom stereocenters. The summed E-state index contributed by atoms with van der Waals surface area (Å²) < 4.78 is 18.1. The number of hydrogen-bond acceptors (Lipinski definition) is 3. The van der Waals surface area contributed by atoms with Crippen molar-refractivity contribution in [3.63, 3.8) is 0 Å². The third kappa shape index (κ3) is 8.31. The lowest BCUT2D eigenvalue weighted by Crippen LogP contribution is -2.48. The minimum Gasteiger partial charge on any atom is -0.378 e. The lowest BCUT2D eigenvalue weighted by molar-refractivity contribution is -0.143. The Bertz CT molecular complexity index is 332. The van der Waals surface area contributed by atoms with E-state index in [1.165, 1.54) is 6.42 Å². The molecular weight excluding hydrogens is 300 g/mol. The minimum absolute atomic E-state index is 0.0229. The van der Waals surface area contributed by atoms with Crippen molar-refractivity contribution in [2.75, 3.05) is 19.8 Å². The highest BCUT2D eigenvalue weighted by Crippen LogP contribution is 2.41. The normalized spacial score (nSPS) is 15.1.